The molecule has 0 spiro atoms. The second-order valence-electron chi connectivity index (χ2n) is 5.36. The molecule has 148 valence electrons. The zero-order chi connectivity index (χ0) is 17.0. The van der Waals surface area contributed by atoms with Gasteiger partial charge in [-0.3, -0.25) is 0 Å². The summed E-state index contributed by atoms with van der Waals surface area (Å²) in [4.78, 5) is 0. The minimum atomic E-state index is -0.416. The van der Waals surface area contributed by atoms with Crippen LogP contribution in [0, 0.1) is 0 Å². The van der Waals surface area contributed by atoms with Gasteiger partial charge in [-0.25, -0.2) is 0 Å². The maximum atomic E-state index is 6.07. The molecule has 2 atom stereocenters. The molecule has 2 aromatic carbocycles. The molecule has 0 amide bonds. The van der Waals surface area contributed by atoms with Gasteiger partial charge in [0, 0.05) is 47.0 Å². The molecule has 0 aliphatic carbocycles. The highest BCUT2D eigenvalue weighted by Gasteiger charge is 2.21. The van der Waals surface area contributed by atoms with E-state index in [2.05, 4.69) is 0 Å². The number of ether oxygens (including phenoxy) is 1. The van der Waals surface area contributed by atoms with Crippen LogP contribution in [-0.2, 0) is 4.74 Å². The maximum Gasteiger partial charge on any atom is 0.0975 e. The Morgan fingerprint density at radius 1 is 0.654 bits per heavy atom. The normalized spacial score (nSPS) is 12.1. The third-order valence-electron chi connectivity index (χ3n) is 3.67. The first kappa shape index (κ1) is 26.6. The number of hydrogen-bond donors (Lipinski definition) is 6. The zero-order valence-electron chi connectivity index (χ0n) is 14.1. The van der Waals surface area contributed by atoms with Crippen LogP contribution in [0.25, 0.3) is 0 Å². The predicted octanol–water partition coefficient (Wildman–Crippen LogP) is 2.00. The molecule has 0 saturated heterocycles. The summed E-state index contributed by atoms with van der Waals surface area (Å²) in [6.45, 7) is 0.499. The minimum Gasteiger partial charge on any atom is -0.399 e. The van der Waals surface area contributed by atoms with E-state index < -0.39 is 12.2 Å². The van der Waals surface area contributed by atoms with E-state index in [9.17, 15) is 0 Å². The van der Waals surface area contributed by atoms with E-state index in [0.717, 1.165) is 11.1 Å². The van der Waals surface area contributed by atoms with Gasteiger partial charge in [0.1, 0.15) is 0 Å². The predicted molar refractivity (Wildman–Crippen MR) is 117 cm³/mol. The summed E-state index contributed by atoms with van der Waals surface area (Å²) < 4.78 is 6.07. The molecule has 2 unspecified atom stereocenters. The van der Waals surface area contributed by atoms with Crippen molar-refractivity contribution in [1.82, 2.24) is 0 Å². The Morgan fingerprint density at radius 2 is 1.00 bits per heavy atom. The van der Waals surface area contributed by atoms with E-state index in [1.165, 1.54) is 0 Å². The summed E-state index contributed by atoms with van der Waals surface area (Å²) in [6.07, 6.45) is -0.831. The Hall–Kier alpha value is -1.61. The lowest BCUT2D eigenvalue weighted by molar-refractivity contribution is -0.00442. The lowest BCUT2D eigenvalue weighted by atomic mass is 10.0. The number of halogens is 3. The second kappa shape index (κ2) is 11.9. The fourth-order valence-corrected chi connectivity index (χ4v) is 2.48. The maximum absolute atomic E-state index is 6.07. The van der Waals surface area contributed by atoms with Gasteiger partial charge < -0.3 is 39.1 Å². The van der Waals surface area contributed by atoms with Gasteiger partial charge in [0.2, 0.25) is 0 Å². The van der Waals surface area contributed by atoms with Gasteiger partial charge in [0.05, 0.1) is 12.2 Å². The average molecular weight is 426 g/mol. The van der Waals surface area contributed by atoms with Gasteiger partial charge in [0.25, 0.3) is 0 Å². The molecule has 7 nitrogen and oxygen atoms in total. The van der Waals surface area contributed by atoms with E-state index in [1.54, 1.807) is 24.3 Å². The van der Waals surface area contributed by atoms with Crippen LogP contribution in [0.5, 0.6) is 0 Å². The van der Waals surface area contributed by atoms with Crippen molar-refractivity contribution in [3.05, 3.63) is 47.5 Å². The van der Waals surface area contributed by atoms with Crippen LogP contribution in [0.2, 0.25) is 0 Å². The van der Waals surface area contributed by atoms with Crippen molar-refractivity contribution in [2.75, 3.05) is 36.0 Å². The molecule has 2 rings (SSSR count). The third kappa shape index (κ3) is 6.28. The molecule has 0 bridgehead atoms. The number of hydrogen-bond acceptors (Lipinski definition) is 7. The standard InChI is InChI=1S/C16H24N6O.3ClH/c17-7-15(11-3-1-9(19)5-13(11)21)23-16(8-18)12-4-2-10(20)6-14(12)22;;;/h1-6,15-16H,7-8,17-22H2;3*1H. The Kier molecular flexibility index (Phi) is 12.2. The molecule has 10 heteroatoms. The number of nitrogens with two attached hydrogens (primary N) is 6. The van der Waals surface area contributed by atoms with E-state index in [1.807, 2.05) is 12.1 Å². The summed E-state index contributed by atoms with van der Waals surface area (Å²) in [5.74, 6) is 0. The number of benzene rings is 2. The zero-order valence-corrected chi connectivity index (χ0v) is 16.6. The first-order valence-electron chi connectivity index (χ1n) is 7.31. The van der Waals surface area contributed by atoms with Crippen LogP contribution in [0.1, 0.15) is 23.3 Å². The summed E-state index contributed by atoms with van der Waals surface area (Å²) in [5, 5.41) is 0. The first-order chi connectivity index (χ1) is 11.0. The van der Waals surface area contributed by atoms with E-state index in [0.29, 0.717) is 22.7 Å². The highest BCUT2D eigenvalue weighted by molar-refractivity contribution is 5.86. The lowest BCUT2D eigenvalue weighted by Crippen LogP contribution is -2.24. The molecule has 0 aromatic heterocycles. The SMILES string of the molecule is Cl.Cl.Cl.NCC(OC(CN)c1ccc(N)cc1N)c1ccc(N)cc1N. The van der Waals surface area contributed by atoms with E-state index in [-0.39, 0.29) is 50.3 Å². The lowest BCUT2D eigenvalue weighted by Gasteiger charge is -2.25. The topological polar surface area (TPSA) is 165 Å². The van der Waals surface area contributed by atoms with Crippen LogP contribution < -0.4 is 34.4 Å². The molecule has 0 aliphatic rings. The first-order valence-corrected chi connectivity index (χ1v) is 7.31. The molecular formula is C16H27Cl3N6O. The van der Waals surface area contributed by atoms with Gasteiger partial charge >= 0.3 is 0 Å². The van der Waals surface area contributed by atoms with Crippen molar-refractivity contribution >= 4 is 60.0 Å². The molecule has 12 N–H and O–H groups in total. The van der Waals surface area contributed by atoms with Crippen molar-refractivity contribution in [2.45, 2.75) is 12.2 Å². The Morgan fingerprint density at radius 3 is 1.27 bits per heavy atom. The van der Waals surface area contributed by atoms with Gasteiger partial charge in [-0.05, 0) is 24.3 Å². The highest BCUT2D eigenvalue weighted by Crippen LogP contribution is 2.32. The summed E-state index contributed by atoms with van der Waals surface area (Å²) in [5.41, 5.74) is 38.9. The molecule has 0 saturated carbocycles. The summed E-state index contributed by atoms with van der Waals surface area (Å²) in [7, 11) is 0. The summed E-state index contributed by atoms with van der Waals surface area (Å²) >= 11 is 0. The van der Waals surface area contributed by atoms with Gasteiger partial charge in [-0.1, -0.05) is 12.1 Å². The molecule has 2 aromatic rings. The highest BCUT2D eigenvalue weighted by atomic mass is 35.5. The second-order valence-corrected chi connectivity index (χ2v) is 5.36. The number of anilines is 4. The van der Waals surface area contributed by atoms with Crippen molar-refractivity contribution in [1.29, 1.82) is 0 Å². The van der Waals surface area contributed by atoms with E-state index in [4.69, 9.17) is 39.1 Å². The smallest absolute Gasteiger partial charge is 0.0975 e. The van der Waals surface area contributed by atoms with Crippen LogP contribution >= 0.6 is 37.2 Å². The van der Waals surface area contributed by atoms with Gasteiger partial charge in [-0.2, -0.15) is 0 Å². The van der Waals surface area contributed by atoms with E-state index >= 15 is 0 Å². The van der Waals surface area contributed by atoms with Crippen molar-refractivity contribution in [3.8, 4) is 0 Å². The number of rotatable bonds is 6. The molecular weight excluding hydrogens is 399 g/mol. The fourth-order valence-electron chi connectivity index (χ4n) is 2.48. The van der Waals surface area contributed by atoms with Crippen LogP contribution in [-0.4, -0.2) is 13.1 Å². The minimum absolute atomic E-state index is 0. The molecule has 0 fully saturated rings. The fraction of sp³-hybridized carbons (Fsp3) is 0.250. The number of nitrogen functional groups attached to an aromatic ring is 4. The molecule has 0 heterocycles. The molecule has 0 radical (unpaired) electrons. The Bertz CT molecular complexity index is 632. The van der Waals surface area contributed by atoms with Gasteiger partial charge in [0.15, 0.2) is 0 Å². The van der Waals surface area contributed by atoms with Crippen LogP contribution in [0.3, 0.4) is 0 Å². The average Bonchev–Trinajstić information content (AvgIpc) is 2.50. The monoisotopic (exact) mass is 424 g/mol. The Balaban J connectivity index is 0. The van der Waals surface area contributed by atoms with Crippen LogP contribution in [0.15, 0.2) is 36.4 Å². The molecule has 0 aliphatic heterocycles. The Labute approximate surface area is 172 Å². The molecule has 26 heavy (non-hydrogen) atoms. The van der Waals surface area contributed by atoms with Crippen molar-refractivity contribution in [2.24, 2.45) is 11.5 Å². The van der Waals surface area contributed by atoms with Crippen LogP contribution in [0.4, 0.5) is 22.7 Å². The van der Waals surface area contributed by atoms with Gasteiger partial charge in [-0.15, -0.1) is 37.2 Å². The van der Waals surface area contributed by atoms with Crippen molar-refractivity contribution < 1.29 is 4.74 Å². The summed E-state index contributed by atoms with van der Waals surface area (Å²) in [6, 6.07) is 10.5. The quantitative estimate of drug-likeness (QED) is 0.385. The largest absolute Gasteiger partial charge is 0.399 e. The van der Waals surface area contributed by atoms with Crippen molar-refractivity contribution in [3.63, 3.8) is 0 Å². The third-order valence-corrected chi connectivity index (χ3v) is 3.67.